The van der Waals surface area contributed by atoms with Crippen molar-refractivity contribution in [2.24, 2.45) is 0 Å². The molecule has 0 aliphatic heterocycles. The summed E-state index contributed by atoms with van der Waals surface area (Å²) < 4.78 is 1.31. The van der Waals surface area contributed by atoms with Crippen LogP contribution in [0.4, 0.5) is 5.69 Å². The van der Waals surface area contributed by atoms with Crippen LogP contribution < -0.4 is 10.9 Å². The maximum atomic E-state index is 12.9. The SMILES string of the molecule is CC(=O)c1ccc(NC(=O)Cn2cnc3scc(-c4cccs4)c3c2=O)cc1. The van der Waals surface area contributed by atoms with Crippen LogP contribution in [-0.2, 0) is 11.3 Å². The molecule has 0 aliphatic rings. The second-order valence-electron chi connectivity index (χ2n) is 6.17. The number of carbonyl (C=O) groups excluding carboxylic acids is 2. The molecule has 0 spiro atoms. The van der Waals surface area contributed by atoms with Gasteiger partial charge in [-0.1, -0.05) is 6.07 Å². The number of fused-ring (bicyclic) bond motifs is 1. The van der Waals surface area contributed by atoms with Crippen molar-refractivity contribution in [3.63, 3.8) is 0 Å². The number of ketones is 1. The van der Waals surface area contributed by atoms with Crippen molar-refractivity contribution in [3.8, 4) is 10.4 Å². The zero-order chi connectivity index (χ0) is 19.7. The number of nitrogens with zero attached hydrogens (tertiary/aromatic N) is 2. The molecule has 28 heavy (non-hydrogen) atoms. The number of carbonyl (C=O) groups is 2. The maximum Gasteiger partial charge on any atom is 0.263 e. The van der Waals surface area contributed by atoms with E-state index in [1.807, 2.05) is 22.9 Å². The van der Waals surface area contributed by atoms with Crippen LogP contribution in [0.1, 0.15) is 17.3 Å². The quantitative estimate of drug-likeness (QED) is 0.505. The van der Waals surface area contributed by atoms with Crippen molar-refractivity contribution in [2.75, 3.05) is 5.32 Å². The van der Waals surface area contributed by atoms with Crippen LogP contribution in [0.25, 0.3) is 20.7 Å². The first kappa shape index (κ1) is 18.3. The lowest BCUT2D eigenvalue weighted by Crippen LogP contribution is -2.27. The van der Waals surface area contributed by atoms with Crippen LogP contribution in [0.5, 0.6) is 0 Å². The molecule has 1 amide bonds. The molecule has 0 radical (unpaired) electrons. The number of amides is 1. The van der Waals surface area contributed by atoms with Crippen LogP contribution in [0, 0.1) is 0 Å². The van der Waals surface area contributed by atoms with E-state index >= 15 is 0 Å². The molecule has 0 unspecified atom stereocenters. The number of rotatable bonds is 5. The van der Waals surface area contributed by atoms with Gasteiger partial charge in [0, 0.05) is 27.1 Å². The highest BCUT2D eigenvalue weighted by Crippen LogP contribution is 2.33. The zero-order valence-corrected chi connectivity index (χ0v) is 16.5. The summed E-state index contributed by atoms with van der Waals surface area (Å²) in [5, 5.41) is 7.15. The molecule has 0 aliphatic carbocycles. The van der Waals surface area contributed by atoms with Crippen molar-refractivity contribution >= 4 is 50.3 Å². The molecule has 4 aromatic rings. The predicted molar refractivity (Wildman–Crippen MR) is 112 cm³/mol. The predicted octanol–water partition coefficient (Wildman–Crippen LogP) is 4.03. The molecule has 8 heteroatoms. The molecule has 0 saturated heterocycles. The summed E-state index contributed by atoms with van der Waals surface area (Å²) in [6.07, 6.45) is 1.40. The van der Waals surface area contributed by atoms with Crippen LogP contribution in [-0.4, -0.2) is 21.2 Å². The molecule has 1 aromatic carbocycles. The topological polar surface area (TPSA) is 81.1 Å². The van der Waals surface area contributed by atoms with Gasteiger partial charge in [-0.3, -0.25) is 19.0 Å². The first-order valence-electron chi connectivity index (χ1n) is 8.44. The van der Waals surface area contributed by atoms with Gasteiger partial charge in [-0.25, -0.2) is 4.98 Å². The number of thiophene rings is 2. The van der Waals surface area contributed by atoms with E-state index in [2.05, 4.69) is 10.3 Å². The Labute approximate surface area is 168 Å². The van der Waals surface area contributed by atoms with Gasteiger partial charge in [-0.15, -0.1) is 22.7 Å². The van der Waals surface area contributed by atoms with Crippen molar-refractivity contribution in [1.82, 2.24) is 9.55 Å². The monoisotopic (exact) mass is 409 g/mol. The number of hydrogen-bond donors (Lipinski definition) is 1. The summed E-state index contributed by atoms with van der Waals surface area (Å²) in [5.41, 5.74) is 1.74. The van der Waals surface area contributed by atoms with Gasteiger partial charge in [0.1, 0.15) is 11.4 Å². The summed E-state index contributed by atoms with van der Waals surface area (Å²) >= 11 is 2.97. The lowest BCUT2D eigenvalue weighted by atomic mass is 10.1. The van der Waals surface area contributed by atoms with Gasteiger partial charge in [-0.05, 0) is 42.6 Å². The van der Waals surface area contributed by atoms with Crippen molar-refractivity contribution in [3.05, 3.63) is 69.4 Å². The van der Waals surface area contributed by atoms with E-state index in [0.29, 0.717) is 21.5 Å². The maximum absolute atomic E-state index is 12.9. The van der Waals surface area contributed by atoms with Crippen LogP contribution in [0.2, 0.25) is 0 Å². The Kier molecular flexibility index (Phi) is 4.89. The normalized spacial score (nSPS) is 10.9. The van der Waals surface area contributed by atoms with Crippen LogP contribution in [0.3, 0.4) is 0 Å². The Morgan fingerprint density at radius 2 is 1.93 bits per heavy atom. The smallest absolute Gasteiger partial charge is 0.263 e. The number of aromatic nitrogens is 2. The second-order valence-corrected chi connectivity index (χ2v) is 7.97. The van der Waals surface area contributed by atoms with Crippen molar-refractivity contribution in [2.45, 2.75) is 13.5 Å². The van der Waals surface area contributed by atoms with E-state index in [-0.39, 0.29) is 23.8 Å². The Morgan fingerprint density at radius 3 is 2.61 bits per heavy atom. The highest BCUT2D eigenvalue weighted by Gasteiger charge is 2.15. The first-order valence-corrected chi connectivity index (χ1v) is 10.2. The number of anilines is 1. The fourth-order valence-corrected chi connectivity index (χ4v) is 4.56. The Balaban J connectivity index is 1.58. The van der Waals surface area contributed by atoms with E-state index in [1.165, 1.54) is 29.2 Å². The summed E-state index contributed by atoms with van der Waals surface area (Å²) in [7, 11) is 0. The summed E-state index contributed by atoms with van der Waals surface area (Å²) in [6.45, 7) is 1.34. The summed E-state index contributed by atoms with van der Waals surface area (Å²) in [4.78, 5) is 42.6. The van der Waals surface area contributed by atoms with E-state index < -0.39 is 0 Å². The molecule has 3 aromatic heterocycles. The van der Waals surface area contributed by atoms with Crippen LogP contribution >= 0.6 is 22.7 Å². The van der Waals surface area contributed by atoms with Gasteiger partial charge >= 0.3 is 0 Å². The molecule has 6 nitrogen and oxygen atoms in total. The van der Waals surface area contributed by atoms with Gasteiger partial charge in [0.25, 0.3) is 5.56 Å². The van der Waals surface area contributed by atoms with E-state index in [1.54, 1.807) is 35.6 Å². The fourth-order valence-electron chi connectivity index (χ4n) is 2.84. The molecular weight excluding hydrogens is 394 g/mol. The highest BCUT2D eigenvalue weighted by molar-refractivity contribution is 7.18. The van der Waals surface area contributed by atoms with Gasteiger partial charge in [0.2, 0.25) is 5.91 Å². The van der Waals surface area contributed by atoms with Gasteiger partial charge in [0.05, 0.1) is 11.7 Å². The standard InChI is InChI=1S/C20H15N3O3S2/c1-12(24)13-4-6-14(7-5-13)22-17(25)9-23-11-21-19-18(20(23)26)15(10-28-19)16-3-2-8-27-16/h2-8,10-11H,9H2,1H3,(H,22,25). The van der Waals surface area contributed by atoms with Crippen LogP contribution in [0.15, 0.2) is 58.3 Å². The number of benzene rings is 1. The Hall–Kier alpha value is -3.10. The highest BCUT2D eigenvalue weighted by atomic mass is 32.1. The largest absolute Gasteiger partial charge is 0.325 e. The molecule has 0 atom stereocenters. The van der Waals surface area contributed by atoms with Gasteiger partial charge in [-0.2, -0.15) is 0 Å². The van der Waals surface area contributed by atoms with Gasteiger partial charge in [0.15, 0.2) is 5.78 Å². The number of nitrogens with one attached hydrogen (secondary N) is 1. The zero-order valence-electron chi connectivity index (χ0n) is 14.8. The molecule has 4 rings (SSSR count). The molecule has 0 fully saturated rings. The average molecular weight is 409 g/mol. The minimum absolute atomic E-state index is 0.0406. The van der Waals surface area contributed by atoms with E-state index in [0.717, 1.165) is 10.4 Å². The third kappa shape index (κ3) is 3.51. The summed E-state index contributed by atoms with van der Waals surface area (Å²) in [5.74, 6) is -0.382. The third-order valence-electron chi connectivity index (χ3n) is 4.24. The fraction of sp³-hybridized carbons (Fsp3) is 0.100. The molecular formula is C20H15N3O3S2. The Bertz CT molecular complexity index is 1220. The van der Waals surface area contributed by atoms with E-state index in [9.17, 15) is 14.4 Å². The molecule has 0 saturated carbocycles. The van der Waals surface area contributed by atoms with Crippen molar-refractivity contribution < 1.29 is 9.59 Å². The summed E-state index contributed by atoms with van der Waals surface area (Å²) in [6, 6.07) is 10.5. The first-order chi connectivity index (χ1) is 13.5. The van der Waals surface area contributed by atoms with E-state index in [4.69, 9.17) is 0 Å². The molecule has 0 bridgehead atoms. The molecule has 3 heterocycles. The number of Topliss-reactive ketones (excluding diaryl/α,β-unsaturated/α-hetero) is 1. The van der Waals surface area contributed by atoms with Crippen molar-refractivity contribution in [1.29, 1.82) is 0 Å². The molecule has 1 N–H and O–H groups in total. The van der Waals surface area contributed by atoms with Gasteiger partial charge < -0.3 is 5.32 Å². The third-order valence-corrected chi connectivity index (χ3v) is 6.03. The minimum Gasteiger partial charge on any atom is -0.325 e. The lowest BCUT2D eigenvalue weighted by molar-refractivity contribution is -0.116. The lowest BCUT2D eigenvalue weighted by Gasteiger charge is -2.08. The minimum atomic E-state index is -0.341. The number of hydrogen-bond acceptors (Lipinski definition) is 6. The average Bonchev–Trinajstić information content (AvgIpc) is 3.34. The molecule has 140 valence electrons. The Morgan fingerprint density at radius 1 is 1.14 bits per heavy atom. The second kappa shape index (κ2) is 7.49.